The van der Waals surface area contributed by atoms with Crippen molar-refractivity contribution in [3.63, 3.8) is 0 Å². The Morgan fingerprint density at radius 3 is 2.57 bits per heavy atom. The lowest BCUT2D eigenvalue weighted by molar-refractivity contribution is -0.137. The molecule has 2 fully saturated rings. The van der Waals surface area contributed by atoms with Crippen LogP contribution in [-0.4, -0.2) is 67.5 Å². The lowest BCUT2D eigenvalue weighted by atomic mass is 10.1. The van der Waals surface area contributed by atoms with E-state index in [1.165, 1.54) is 18.9 Å². The Hall–Kier alpha value is -2.15. The first kappa shape index (κ1) is 22.5. The summed E-state index contributed by atoms with van der Waals surface area (Å²) < 4.78 is 13.4. The predicted molar refractivity (Wildman–Crippen MR) is 119 cm³/mol. The van der Waals surface area contributed by atoms with E-state index in [2.05, 4.69) is 25.4 Å². The van der Waals surface area contributed by atoms with Crippen molar-refractivity contribution in [1.82, 2.24) is 20.4 Å². The van der Waals surface area contributed by atoms with Gasteiger partial charge >= 0.3 is 0 Å². The van der Waals surface area contributed by atoms with Crippen molar-refractivity contribution < 1.29 is 9.18 Å². The number of halogens is 1. The fraction of sp³-hybridized carbons (Fsp3) is 0.652. The van der Waals surface area contributed by atoms with Gasteiger partial charge in [0.1, 0.15) is 5.82 Å². The third-order valence-corrected chi connectivity index (χ3v) is 6.10. The van der Waals surface area contributed by atoms with Crippen LogP contribution in [0.3, 0.4) is 0 Å². The summed E-state index contributed by atoms with van der Waals surface area (Å²) in [7, 11) is 0. The van der Waals surface area contributed by atoms with Crippen LogP contribution in [0.25, 0.3) is 0 Å². The highest BCUT2D eigenvalue weighted by molar-refractivity contribution is 5.80. The number of aliphatic imine (C=N–C) groups is 1. The van der Waals surface area contributed by atoms with Crippen LogP contribution in [0.5, 0.6) is 0 Å². The Kier molecular flexibility index (Phi) is 8.49. The van der Waals surface area contributed by atoms with Gasteiger partial charge < -0.3 is 15.5 Å². The number of aryl methyl sites for hydroxylation is 1. The number of rotatable bonds is 7. The summed E-state index contributed by atoms with van der Waals surface area (Å²) in [6, 6.07) is 5.12. The highest BCUT2D eigenvalue weighted by Gasteiger charge is 2.29. The van der Waals surface area contributed by atoms with Crippen molar-refractivity contribution in [1.29, 1.82) is 0 Å². The van der Waals surface area contributed by atoms with Crippen molar-refractivity contribution in [2.75, 3.05) is 45.8 Å². The molecule has 0 spiro atoms. The van der Waals surface area contributed by atoms with E-state index in [1.807, 2.05) is 13.0 Å². The van der Waals surface area contributed by atoms with Crippen molar-refractivity contribution >= 4 is 11.9 Å². The summed E-state index contributed by atoms with van der Waals surface area (Å²) in [5.74, 6) is 1.25. The van der Waals surface area contributed by atoms with Gasteiger partial charge in [-0.25, -0.2) is 9.38 Å². The first-order valence-electron chi connectivity index (χ1n) is 11.3. The number of guanidine groups is 1. The van der Waals surface area contributed by atoms with E-state index in [4.69, 9.17) is 0 Å². The normalized spacial score (nSPS) is 18.6. The second-order valence-electron chi connectivity index (χ2n) is 8.35. The molecule has 1 aromatic carbocycles. The van der Waals surface area contributed by atoms with E-state index < -0.39 is 0 Å². The van der Waals surface area contributed by atoms with Gasteiger partial charge in [-0.1, -0.05) is 25.0 Å². The van der Waals surface area contributed by atoms with Gasteiger partial charge in [-0.3, -0.25) is 9.69 Å². The second-order valence-corrected chi connectivity index (χ2v) is 8.35. The van der Waals surface area contributed by atoms with E-state index in [-0.39, 0.29) is 11.7 Å². The van der Waals surface area contributed by atoms with Gasteiger partial charge in [0.25, 0.3) is 0 Å². The molecule has 1 heterocycles. The molecular formula is C23H36FN5O. The third kappa shape index (κ3) is 6.42. The van der Waals surface area contributed by atoms with E-state index in [0.29, 0.717) is 18.0 Å². The quantitative estimate of drug-likeness (QED) is 0.529. The summed E-state index contributed by atoms with van der Waals surface area (Å²) in [6.07, 6.45) is 4.57. The van der Waals surface area contributed by atoms with Crippen molar-refractivity contribution in [2.24, 2.45) is 10.9 Å². The molecule has 0 radical (unpaired) electrons. The molecule has 1 aliphatic heterocycles. The maximum absolute atomic E-state index is 13.4. The fourth-order valence-corrected chi connectivity index (χ4v) is 4.27. The SMILES string of the molecule is CCNC(=NCc1ccc(F)c(C)c1)NCCN1CCN(C(=O)C2CCCC2)CC1. The molecule has 6 nitrogen and oxygen atoms in total. The first-order chi connectivity index (χ1) is 14.6. The fourth-order valence-electron chi connectivity index (χ4n) is 4.27. The number of hydrogen-bond acceptors (Lipinski definition) is 3. The van der Waals surface area contributed by atoms with Crippen LogP contribution in [0.15, 0.2) is 23.2 Å². The molecule has 166 valence electrons. The van der Waals surface area contributed by atoms with Crippen LogP contribution in [0, 0.1) is 18.7 Å². The Morgan fingerprint density at radius 1 is 1.17 bits per heavy atom. The van der Waals surface area contributed by atoms with Gasteiger partial charge in [0.05, 0.1) is 6.54 Å². The Morgan fingerprint density at radius 2 is 1.90 bits per heavy atom. The van der Waals surface area contributed by atoms with Gasteiger partial charge in [0.15, 0.2) is 5.96 Å². The summed E-state index contributed by atoms with van der Waals surface area (Å²) in [6.45, 7) is 10.4. The molecule has 7 heteroatoms. The lowest BCUT2D eigenvalue weighted by Gasteiger charge is -2.36. The average molecular weight is 418 g/mol. The number of hydrogen-bond donors (Lipinski definition) is 2. The first-order valence-corrected chi connectivity index (χ1v) is 11.3. The van der Waals surface area contributed by atoms with E-state index in [9.17, 15) is 9.18 Å². The molecule has 1 saturated carbocycles. The third-order valence-electron chi connectivity index (χ3n) is 6.10. The van der Waals surface area contributed by atoms with Crippen molar-refractivity contribution in [3.8, 4) is 0 Å². The Bertz CT molecular complexity index is 724. The molecule has 0 atom stereocenters. The minimum Gasteiger partial charge on any atom is -0.357 e. The molecule has 0 bridgehead atoms. The number of piperazine rings is 1. The van der Waals surface area contributed by atoms with Gasteiger partial charge in [0, 0.05) is 51.7 Å². The highest BCUT2D eigenvalue weighted by Crippen LogP contribution is 2.26. The number of nitrogens with zero attached hydrogens (tertiary/aromatic N) is 3. The van der Waals surface area contributed by atoms with Crippen LogP contribution in [-0.2, 0) is 11.3 Å². The minimum atomic E-state index is -0.183. The summed E-state index contributed by atoms with van der Waals surface area (Å²) in [5, 5.41) is 6.65. The molecule has 1 amide bonds. The van der Waals surface area contributed by atoms with Crippen LogP contribution >= 0.6 is 0 Å². The molecular weight excluding hydrogens is 381 g/mol. The van der Waals surface area contributed by atoms with Gasteiger partial charge in [-0.05, 0) is 43.9 Å². The lowest BCUT2D eigenvalue weighted by Crippen LogP contribution is -2.51. The number of carbonyl (C=O) groups is 1. The van der Waals surface area contributed by atoms with Crippen molar-refractivity contribution in [2.45, 2.75) is 46.1 Å². The number of amides is 1. The van der Waals surface area contributed by atoms with Gasteiger partial charge in [-0.2, -0.15) is 0 Å². The van der Waals surface area contributed by atoms with E-state index in [0.717, 1.165) is 70.2 Å². The summed E-state index contributed by atoms with van der Waals surface area (Å²) in [5.41, 5.74) is 1.64. The van der Waals surface area contributed by atoms with Crippen LogP contribution in [0.4, 0.5) is 4.39 Å². The second kappa shape index (κ2) is 11.3. The van der Waals surface area contributed by atoms with Gasteiger partial charge in [-0.15, -0.1) is 0 Å². The molecule has 0 unspecified atom stereocenters. The molecule has 2 N–H and O–H groups in total. The van der Waals surface area contributed by atoms with E-state index in [1.54, 1.807) is 13.0 Å². The van der Waals surface area contributed by atoms with E-state index >= 15 is 0 Å². The number of carbonyl (C=O) groups excluding carboxylic acids is 1. The Balaban J connectivity index is 1.40. The number of nitrogens with one attached hydrogen (secondary N) is 2. The predicted octanol–water partition coefficient (Wildman–Crippen LogP) is 2.52. The van der Waals surface area contributed by atoms with Crippen LogP contribution in [0.1, 0.15) is 43.7 Å². The number of benzene rings is 1. The van der Waals surface area contributed by atoms with Gasteiger partial charge in [0.2, 0.25) is 5.91 Å². The molecule has 1 aromatic rings. The van der Waals surface area contributed by atoms with Crippen molar-refractivity contribution in [3.05, 3.63) is 35.1 Å². The maximum atomic E-state index is 13.4. The maximum Gasteiger partial charge on any atom is 0.225 e. The topological polar surface area (TPSA) is 60.0 Å². The average Bonchev–Trinajstić information content (AvgIpc) is 3.29. The largest absolute Gasteiger partial charge is 0.357 e. The molecule has 3 rings (SSSR count). The molecule has 2 aliphatic rings. The molecule has 30 heavy (non-hydrogen) atoms. The standard InChI is InChI=1S/C23H36FN5O/c1-3-25-23(27-17-19-8-9-21(24)18(2)16-19)26-10-11-28-12-14-29(15-13-28)22(30)20-6-4-5-7-20/h8-9,16,20H,3-7,10-15,17H2,1-2H3,(H2,25,26,27). The monoisotopic (exact) mass is 417 g/mol. The smallest absolute Gasteiger partial charge is 0.225 e. The summed E-state index contributed by atoms with van der Waals surface area (Å²) >= 11 is 0. The zero-order valence-electron chi connectivity index (χ0n) is 18.4. The molecule has 0 aromatic heterocycles. The molecule has 1 saturated heterocycles. The van der Waals surface area contributed by atoms with Crippen LogP contribution in [0.2, 0.25) is 0 Å². The molecule has 1 aliphatic carbocycles. The summed E-state index contributed by atoms with van der Waals surface area (Å²) in [4.78, 5) is 21.6. The highest BCUT2D eigenvalue weighted by atomic mass is 19.1. The zero-order valence-corrected chi connectivity index (χ0v) is 18.4. The van der Waals surface area contributed by atoms with Crippen LogP contribution < -0.4 is 10.6 Å². The minimum absolute atomic E-state index is 0.183. The zero-order chi connectivity index (χ0) is 21.3. The Labute approximate surface area is 179 Å².